The molecule has 0 aliphatic carbocycles. The topological polar surface area (TPSA) is 72.7 Å². The van der Waals surface area contributed by atoms with Crippen LogP contribution in [0.15, 0.2) is 42.5 Å². The van der Waals surface area contributed by atoms with Gasteiger partial charge in [-0.15, -0.1) is 0 Å². The van der Waals surface area contributed by atoms with E-state index in [4.69, 9.17) is 0 Å². The van der Waals surface area contributed by atoms with Crippen LogP contribution in [0.1, 0.15) is 42.2 Å². The Morgan fingerprint density at radius 1 is 1.07 bits per heavy atom. The number of benzene rings is 2. The van der Waals surface area contributed by atoms with Crippen molar-refractivity contribution in [3.8, 4) is 5.75 Å². The highest BCUT2D eigenvalue weighted by Crippen LogP contribution is 2.30. The second-order valence-electron chi connectivity index (χ2n) is 7.20. The molecule has 0 bridgehead atoms. The molecule has 148 valence electrons. The minimum absolute atomic E-state index is 0.0497. The molecule has 1 atom stereocenters. The molecule has 7 heteroatoms. The predicted octanol–water partition coefficient (Wildman–Crippen LogP) is 3.55. The van der Waals surface area contributed by atoms with Crippen LogP contribution in [0.5, 0.6) is 5.75 Å². The summed E-state index contributed by atoms with van der Waals surface area (Å²) in [6.07, 6.45) is -4.93. The van der Waals surface area contributed by atoms with Gasteiger partial charge in [-0.3, -0.25) is 0 Å². The Kier molecular flexibility index (Phi) is 6.51. The Morgan fingerprint density at radius 3 is 2.41 bits per heavy atom. The third-order valence-corrected chi connectivity index (χ3v) is 4.33. The van der Waals surface area contributed by atoms with Gasteiger partial charge in [0.15, 0.2) is 0 Å². The summed E-state index contributed by atoms with van der Waals surface area (Å²) in [4.78, 5) is 0. The summed E-state index contributed by atoms with van der Waals surface area (Å²) < 4.78 is 38.5. The maximum Gasteiger partial charge on any atom is 0.416 e. The molecule has 0 saturated heterocycles. The molecule has 0 aromatic heterocycles. The minimum atomic E-state index is -4.38. The van der Waals surface area contributed by atoms with E-state index >= 15 is 0 Å². The largest absolute Gasteiger partial charge is 0.508 e. The van der Waals surface area contributed by atoms with Crippen molar-refractivity contribution < 1.29 is 28.5 Å². The SMILES string of the molecule is CC(C)(Cc1cccc(C(F)(F)F)c1)NCC(O)c1ccc(O)c(CO)c1. The van der Waals surface area contributed by atoms with Crippen LogP contribution >= 0.6 is 0 Å². The zero-order valence-electron chi connectivity index (χ0n) is 15.2. The number of nitrogens with one attached hydrogen (secondary N) is 1. The normalized spacial score (nSPS) is 13.6. The molecule has 4 nitrogen and oxygen atoms in total. The summed E-state index contributed by atoms with van der Waals surface area (Å²) in [5, 5.41) is 32.3. The Balaban J connectivity index is 2.02. The van der Waals surface area contributed by atoms with Crippen LogP contribution in [0, 0.1) is 0 Å². The lowest BCUT2D eigenvalue weighted by molar-refractivity contribution is -0.137. The number of aromatic hydroxyl groups is 1. The molecule has 0 spiro atoms. The number of hydrogen-bond acceptors (Lipinski definition) is 4. The highest BCUT2D eigenvalue weighted by molar-refractivity contribution is 5.36. The van der Waals surface area contributed by atoms with Gasteiger partial charge in [-0.05, 0) is 49.6 Å². The zero-order chi connectivity index (χ0) is 20.2. The fraction of sp³-hybridized carbons (Fsp3) is 0.400. The first-order chi connectivity index (χ1) is 12.5. The molecule has 0 saturated carbocycles. The standard InChI is InChI=1S/C20H24F3NO3/c1-19(2,10-13-4-3-5-16(8-13)20(21,22)23)24-11-18(27)14-6-7-17(26)15(9-14)12-25/h3-9,18,24-27H,10-12H2,1-2H3. The first-order valence-corrected chi connectivity index (χ1v) is 8.54. The first-order valence-electron chi connectivity index (χ1n) is 8.54. The van der Waals surface area contributed by atoms with Crippen molar-refractivity contribution in [2.45, 2.75) is 44.7 Å². The van der Waals surface area contributed by atoms with Crippen LogP contribution in [0.25, 0.3) is 0 Å². The summed E-state index contributed by atoms with van der Waals surface area (Å²) in [6.45, 7) is 3.51. The molecule has 27 heavy (non-hydrogen) atoms. The average Bonchev–Trinajstić information content (AvgIpc) is 2.59. The molecule has 1 unspecified atom stereocenters. The fourth-order valence-electron chi connectivity index (χ4n) is 2.86. The second-order valence-corrected chi connectivity index (χ2v) is 7.20. The molecule has 0 aliphatic rings. The van der Waals surface area contributed by atoms with Gasteiger partial charge in [0.25, 0.3) is 0 Å². The van der Waals surface area contributed by atoms with E-state index in [0.717, 1.165) is 12.1 Å². The molecule has 4 N–H and O–H groups in total. The second kappa shape index (κ2) is 8.29. The van der Waals surface area contributed by atoms with E-state index < -0.39 is 23.4 Å². The van der Waals surface area contributed by atoms with Crippen molar-refractivity contribution >= 4 is 0 Å². The van der Waals surface area contributed by atoms with Crippen molar-refractivity contribution in [2.75, 3.05) is 6.54 Å². The fourth-order valence-corrected chi connectivity index (χ4v) is 2.86. The van der Waals surface area contributed by atoms with E-state index in [2.05, 4.69) is 5.32 Å². The molecular formula is C20H24F3NO3. The van der Waals surface area contributed by atoms with E-state index in [0.29, 0.717) is 23.1 Å². The summed E-state index contributed by atoms with van der Waals surface area (Å²) >= 11 is 0. The van der Waals surface area contributed by atoms with E-state index in [1.165, 1.54) is 18.2 Å². The lowest BCUT2D eigenvalue weighted by atomic mass is 9.93. The molecular weight excluding hydrogens is 359 g/mol. The number of phenols is 1. The van der Waals surface area contributed by atoms with Crippen molar-refractivity contribution in [1.29, 1.82) is 0 Å². The van der Waals surface area contributed by atoms with Gasteiger partial charge in [0, 0.05) is 17.6 Å². The predicted molar refractivity (Wildman–Crippen MR) is 96.2 cm³/mol. The van der Waals surface area contributed by atoms with E-state index in [1.807, 2.05) is 13.8 Å². The smallest absolute Gasteiger partial charge is 0.416 e. The Hall–Kier alpha value is -2.09. The Bertz CT molecular complexity index is 775. The summed E-state index contributed by atoms with van der Waals surface area (Å²) in [6, 6.07) is 9.67. The number of aliphatic hydroxyl groups excluding tert-OH is 2. The minimum Gasteiger partial charge on any atom is -0.508 e. The molecule has 0 amide bonds. The molecule has 0 heterocycles. The van der Waals surface area contributed by atoms with E-state index in [-0.39, 0.29) is 18.9 Å². The number of halogens is 3. The van der Waals surface area contributed by atoms with Crippen molar-refractivity contribution in [2.24, 2.45) is 0 Å². The van der Waals surface area contributed by atoms with Crippen LogP contribution in [0.3, 0.4) is 0 Å². The van der Waals surface area contributed by atoms with Crippen LogP contribution in [-0.4, -0.2) is 27.4 Å². The summed E-state index contributed by atoms with van der Waals surface area (Å²) in [5.41, 5.74) is 0.150. The Labute approximate surface area is 156 Å². The van der Waals surface area contributed by atoms with Crippen LogP contribution in [-0.2, 0) is 19.2 Å². The lowest BCUT2D eigenvalue weighted by Crippen LogP contribution is -2.43. The quantitative estimate of drug-likeness (QED) is 0.590. The molecule has 2 aromatic carbocycles. The van der Waals surface area contributed by atoms with Gasteiger partial charge in [0.2, 0.25) is 0 Å². The molecule has 2 aromatic rings. The summed E-state index contributed by atoms with van der Waals surface area (Å²) in [5.74, 6) is -0.0497. The van der Waals surface area contributed by atoms with Crippen molar-refractivity contribution in [1.82, 2.24) is 5.32 Å². The third-order valence-electron chi connectivity index (χ3n) is 4.33. The van der Waals surface area contributed by atoms with Gasteiger partial charge in [-0.1, -0.05) is 24.3 Å². The number of aliphatic hydroxyl groups is 2. The number of rotatable bonds is 7. The molecule has 0 aliphatic heterocycles. The van der Waals surface area contributed by atoms with Gasteiger partial charge in [0.05, 0.1) is 18.3 Å². The molecule has 2 rings (SSSR count). The monoisotopic (exact) mass is 383 g/mol. The van der Waals surface area contributed by atoms with Crippen molar-refractivity contribution in [3.63, 3.8) is 0 Å². The maximum absolute atomic E-state index is 12.8. The maximum atomic E-state index is 12.8. The zero-order valence-corrected chi connectivity index (χ0v) is 15.2. The van der Waals surface area contributed by atoms with Crippen LogP contribution < -0.4 is 5.32 Å². The summed E-state index contributed by atoms with van der Waals surface area (Å²) in [7, 11) is 0. The molecule has 0 radical (unpaired) electrons. The highest BCUT2D eigenvalue weighted by Gasteiger charge is 2.31. The highest BCUT2D eigenvalue weighted by atomic mass is 19.4. The number of hydrogen-bond donors (Lipinski definition) is 4. The van der Waals surface area contributed by atoms with E-state index in [1.54, 1.807) is 12.1 Å². The van der Waals surface area contributed by atoms with Crippen LogP contribution in [0.4, 0.5) is 13.2 Å². The number of alkyl halides is 3. The Morgan fingerprint density at radius 2 is 1.78 bits per heavy atom. The van der Waals surface area contributed by atoms with Crippen LogP contribution in [0.2, 0.25) is 0 Å². The lowest BCUT2D eigenvalue weighted by Gasteiger charge is -2.28. The van der Waals surface area contributed by atoms with Gasteiger partial charge in [-0.25, -0.2) is 0 Å². The van der Waals surface area contributed by atoms with Gasteiger partial charge < -0.3 is 20.6 Å². The third kappa shape index (κ3) is 5.95. The van der Waals surface area contributed by atoms with E-state index in [9.17, 15) is 28.5 Å². The van der Waals surface area contributed by atoms with Crippen molar-refractivity contribution in [3.05, 3.63) is 64.7 Å². The van der Waals surface area contributed by atoms with Gasteiger partial charge in [0.1, 0.15) is 5.75 Å². The first kappa shape index (κ1) is 21.2. The average molecular weight is 383 g/mol. The molecule has 0 fully saturated rings. The van der Waals surface area contributed by atoms with Gasteiger partial charge >= 0.3 is 6.18 Å². The van der Waals surface area contributed by atoms with Gasteiger partial charge in [-0.2, -0.15) is 13.2 Å². The number of β-amino-alcohol motifs (C(OH)–C–C–N with tert-alkyl or cyclic N) is 1.